The second kappa shape index (κ2) is 6.78. The summed E-state index contributed by atoms with van der Waals surface area (Å²) in [6, 6.07) is 8.67. The van der Waals surface area contributed by atoms with Crippen LogP contribution in [0.15, 0.2) is 29.2 Å². The van der Waals surface area contributed by atoms with Crippen LogP contribution in [0.1, 0.15) is 26.7 Å². The number of benzene rings is 1. The molecule has 0 N–H and O–H groups in total. The average molecular weight is 223 g/mol. The second-order valence-corrected chi connectivity index (χ2v) is 4.82. The maximum Gasteiger partial charge on any atom is 0.0501 e. The van der Waals surface area contributed by atoms with E-state index in [0.717, 1.165) is 6.54 Å². The molecule has 1 aromatic carbocycles. The number of thioether (sulfide) groups is 1. The predicted molar refractivity (Wildman–Crippen MR) is 71.0 cm³/mol. The van der Waals surface area contributed by atoms with Crippen LogP contribution in [0.4, 0.5) is 5.69 Å². The van der Waals surface area contributed by atoms with Gasteiger partial charge in [-0.05, 0) is 31.2 Å². The van der Waals surface area contributed by atoms with E-state index in [9.17, 15) is 0 Å². The number of anilines is 1. The van der Waals surface area contributed by atoms with Gasteiger partial charge < -0.3 is 4.90 Å². The summed E-state index contributed by atoms with van der Waals surface area (Å²) in [5.74, 6) is 1.23. The number of hydrogen-bond donors (Lipinski definition) is 0. The first-order chi connectivity index (χ1) is 7.29. The van der Waals surface area contributed by atoms with Gasteiger partial charge in [0.1, 0.15) is 0 Å². The first-order valence-electron chi connectivity index (χ1n) is 5.72. The molecule has 0 saturated carbocycles. The smallest absolute Gasteiger partial charge is 0.0501 e. The van der Waals surface area contributed by atoms with Crippen molar-refractivity contribution < 1.29 is 0 Å². The first-order valence-corrected chi connectivity index (χ1v) is 6.71. The van der Waals surface area contributed by atoms with Crippen molar-refractivity contribution in [2.24, 2.45) is 0 Å². The Morgan fingerprint density at radius 3 is 2.60 bits per heavy atom. The van der Waals surface area contributed by atoms with Crippen molar-refractivity contribution in [3.05, 3.63) is 24.3 Å². The summed E-state index contributed by atoms with van der Waals surface area (Å²) in [5, 5.41) is 0. The summed E-state index contributed by atoms with van der Waals surface area (Å²) in [6.07, 6.45) is 2.58. The van der Waals surface area contributed by atoms with E-state index < -0.39 is 0 Å². The van der Waals surface area contributed by atoms with Crippen molar-refractivity contribution in [2.75, 3.05) is 24.2 Å². The minimum atomic E-state index is 1.06. The van der Waals surface area contributed by atoms with Gasteiger partial charge in [0.05, 0.1) is 5.69 Å². The lowest BCUT2D eigenvalue weighted by Crippen LogP contribution is -2.16. The van der Waals surface area contributed by atoms with E-state index in [1.807, 2.05) is 11.8 Å². The van der Waals surface area contributed by atoms with E-state index in [1.54, 1.807) is 0 Å². The zero-order valence-corrected chi connectivity index (χ0v) is 10.8. The van der Waals surface area contributed by atoms with Crippen LogP contribution >= 0.6 is 11.8 Å². The first kappa shape index (κ1) is 12.4. The molecule has 0 unspecified atom stereocenters. The normalized spacial score (nSPS) is 10.3. The lowest BCUT2D eigenvalue weighted by Gasteiger charge is -2.20. The molecule has 84 valence electrons. The molecule has 2 heteroatoms. The van der Waals surface area contributed by atoms with Gasteiger partial charge in [0, 0.05) is 18.5 Å². The fourth-order valence-corrected chi connectivity index (χ4v) is 2.59. The van der Waals surface area contributed by atoms with E-state index in [-0.39, 0.29) is 0 Å². The Morgan fingerprint density at radius 2 is 1.93 bits per heavy atom. The quantitative estimate of drug-likeness (QED) is 0.529. The molecule has 0 atom stereocenters. The number of unbranched alkanes of at least 4 members (excludes halogenated alkanes) is 1. The van der Waals surface area contributed by atoms with Gasteiger partial charge in [-0.3, -0.25) is 0 Å². The van der Waals surface area contributed by atoms with E-state index >= 15 is 0 Å². The average Bonchev–Trinajstić information content (AvgIpc) is 2.29. The topological polar surface area (TPSA) is 3.24 Å². The molecule has 0 bridgehead atoms. The summed E-state index contributed by atoms with van der Waals surface area (Å²) in [4.78, 5) is 3.71. The third kappa shape index (κ3) is 3.78. The van der Waals surface area contributed by atoms with Gasteiger partial charge in [0.15, 0.2) is 0 Å². The van der Waals surface area contributed by atoms with Gasteiger partial charge in [-0.1, -0.05) is 25.5 Å². The molecule has 0 spiro atoms. The number of hydrogen-bond acceptors (Lipinski definition) is 2. The highest BCUT2D eigenvalue weighted by atomic mass is 32.2. The summed E-state index contributed by atoms with van der Waals surface area (Å²) < 4.78 is 0. The van der Waals surface area contributed by atoms with Crippen molar-refractivity contribution >= 4 is 17.4 Å². The SMILES string of the molecule is CCCCSc1ccccc1N(C)CC. The maximum absolute atomic E-state index is 2.30. The van der Waals surface area contributed by atoms with Crippen molar-refractivity contribution in [3.8, 4) is 0 Å². The lowest BCUT2D eigenvalue weighted by atomic mass is 10.3. The van der Waals surface area contributed by atoms with Crippen molar-refractivity contribution in [1.82, 2.24) is 0 Å². The van der Waals surface area contributed by atoms with Gasteiger partial charge >= 0.3 is 0 Å². The standard InChI is InChI=1S/C13H21NS/c1-4-6-11-15-13-10-8-7-9-12(13)14(3)5-2/h7-10H,4-6,11H2,1-3H3. The molecular weight excluding hydrogens is 202 g/mol. The predicted octanol–water partition coefficient (Wildman–Crippen LogP) is 4.03. The Morgan fingerprint density at radius 1 is 1.20 bits per heavy atom. The van der Waals surface area contributed by atoms with E-state index in [1.165, 1.54) is 29.2 Å². The van der Waals surface area contributed by atoms with Crippen LogP contribution in [0.2, 0.25) is 0 Å². The van der Waals surface area contributed by atoms with Crippen molar-refractivity contribution in [2.45, 2.75) is 31.6 Å². The third-order valence-electron chi connectivity index (χ3n) is 2.51. The highest BCUT2D eigenvalue weighted by molar-refractivity contribution is 7.99. The highest BCUT2D eigenvalue weighted by Gasteiger charge is 2.04. The molecular formula is C13H21NS. The Kier molecular flexibility index (Phi) is 5.62. The largest absolute Gasteiger partial charge is 0.374 e. The molecule has 1 nitrogen and oxygen atoms in total. The Balaban J connectivity index is 2.68. The van der Waals surface area contributed by atoms with Crippen molar-refractivity contribution in [3.63, 3.8) is 0 Å². The molecule has 0 aliphatic heterocycles. The lowest BCUT2D eigenvalue weighted by molar-refractivity contribution is 0.895. The molecule has 0 radical (unpaired) electrons. The minimum Gasteiger partial charge on any atom is -0.374 e. The van der Waals surface area contributed by atoms with Crippen LogP contribution in [0.5, 0.6) is 0 Å². The molecule has 1 rings (SSSR count). The number of nitrogens with zero attached hydrogens (tertiary/aromatic N) is 1. The molecule has 0 saturated heterocycles. The van der Waals surface area contributed by atoms with Crippen LogP contribution in [0.25, 0.3) is 0 Å². The van der Waals surface area contributed by atoms with Gasteiger partial charge in [-0.15, -0.1) is 11.8 Å². The summed E-state index contributed by atoms with van der Waals surface area (Å²) in [7, 11) is 2.15. The Bertz CT molecular complexity index is 286. The molecule has 15 heavy (non-hydrogen) atoms. The van der Waals surface area contributed by atoms with Gasteiger partial charge in [0.25, 0.3) is 0 Å². The highest BCUT2D eigenvalue weighted by Crippen LogP contribution is 2.29. The van der Waals surface area contributed by atoms with Gasteiger partial charge in [0.2, 0.25) is 0 Å². The second-order valence-electron chi connectivity index (χ2n) is 3.68. The molecule has 0 heterocycles. The molecule has 1 aromatic rings. The van der Waals surface area contributed by atoms with E-state index in [2.05, 4.69) is 50.1 Å². The third-order valence-corrected chi connectivity index (χ3v) is 3.66. The molecule has 0 amide bonds. The monoisotopic (exact) mass is 223 g/mol. The van der Waals surface area contributed by atoms with Crippen LogP contribution in [0.3, 0.4) is 0 Å². The van der Waals surface area contributed by atoms with Crippen LogP contribution in [-0.4, -0.2) is 19.3 Å². The van der Waals surface area contributed by atoms with Gasteiger partial charge in [-0.25, -0.2) is 0 Å². The van der Waals surface area contributed by atoms with Crippen LogP contribution in [-0.2, 0) is 0 Å². The van der Waals surface area contributed by atoms with Gasteiger partial charge in [-0.2, -0.15) is 0 Å². The zero-order valence-electron chi connectivity index (χ0n) is 9.99. The molecule has 0 fully saturated rings. The summed E-state index contributed by atoms with van der Waals surface area (Å²) >= 11 is 1.97. The Labute approximate surface area is 97.9 Å². The minimum absolute atomic E-state index is 1.06. The Hall–Kier alpha value is -0.630. The van der Waals surface area contributed by atoms with Crippen LogP contribution < -0.4 is 4.90 Å². The molecule has 0 aliphatic carbocycles. The number of rotatable bonds is 6. The summed E-state index contributed by atoms with van der Waals surface area (Å²) in [6.45, 7) is 5.49. The fraction of sp³-hybridized carbons (Fsp3) is 0.538. The van der Waals surface area contributed by atoms with E-state index in [0.29, 0.717) is 0 Å². The zero-order chi connectivity index (χ0) is 11.1. The number of para-hydroxylation sites is 1. The summed E-state index contributed by atoms with van der Waals surface area (Å²) in [5.41, 5.74) is 1.36. The van der Waals surface area contributed by atoms with Crippen LogP contribution in [0, 0.1) is 0 Å². The molecule has 0 aliphatic rings. The van der Waals surface area contributed by atoms with E-state index in [4.69, 9.17) is 0 Å². The maximum atomic E-state index is 2.30. The van der Waals surface area contributed by atoms with Crippen molar-refractivity contribution in [1.29, 1.82) is 0 Å². The fourth-order valence-electron chi connectivity index (χ4n) is 1.39. The molecule has 0 aromatic heterocycles.